The van der Waals surface area contributed by atoms with E-state index in [2.05, 4.69) is 0 Å². The largest absolute Gasteiger partial charge is 0.416 e. The lowest BCUT2D eigenvalue weighted by Gasteiger charge is -2.42. The third-order valence-electron chi connectivity index (χ3n) is 6.46. The van der Waals surface area contributed by atoms with Crippen molar-refractivity contribution in [2.45, 2.75) is 77.7 Å². The molecule has 0 amide bonds. The van der Waals surface area contributed by atoms with Gasteiger partial charge in [0.1, 0.15) is 6.10 Å². The molecule has 0 radical (unpaired) electrons. The lowest BCUT2D eigenvalue weighted by Crippen LogP contribution is -2.46. The summed E-state index contributed by atoms with van der Waals surface area (Å²) in [7, 11) is 0. The molecule has 2 saturated carbocycles. The fourth-order valence-electron chi connectivity index (χ4n) is 4.76. The Kier molecular flexibility index (Phi) is 5.11. The molecule has 0 aliphatic heterocycles. The SMILES string of the molecule is CCC(C)(C)C(OO)C1CC2CC(CC(C)(O)C(F)(F)F)C1C2. The van der Waals surface area contributed by atoms with Gasteiger partial charge in [-0.05, 0) is 68.1 Å². The minimum atomic E-state index is -4.61. The Labute approximate surface area is 136 Å². The molecule has 6 unspecified atom stereocenters. The zero-order chi connectivity index (χ0) is 17.6. The summed E-state index contributed by atoms with van der Waals surface area (Å²) < 4.78 is 38.9. The molecular weight excluding hydrogens is 309 g/mol. The molecule has 23 heavy (non-hydrogen) atoms. The fourth-order valence-corrected chi connectivity index (χ4v) is 4.76. The van der Waals surface area contributed by atoms with E-state index < -0.39 is 11.8 Å². The Balaban J connectivity index is 2.13. The number of hydrogen-bond donors (Lipinski definition) is 2. The van der Waals surface area contributed by atoms with Crippen molar-refractivity contribution in [2.24, 2.45) is 29.1 Å². The van der Waals surface area contributed by atoms with Gasteiger partial charge in [0.05, 0.1) is 0 Å². The van der Waals surface area contributed by atoms with E-state index in [-0.39, 0.29) is 35.7 Å². The van der Waals surface area contributed by atoms with Gasteiger partial charge in [-0.25, -0.2) is 4.89 Å². The molecule has 136 valence electrons. The standard InChI is InChI=1S/C17H29F3O3/c1-5-15(2,3)14(23-22)13-8-10-6-11(12(13)7-10)9-16(4,21)17(18,19)20/h10-14,21-22H,5-9H2,1-4H3. The average Bonchev–Trinajstić information content (AvgIpc) is 2.97. The van der Waals surface area contributed by atoms with Crippen LogP contribution in [0.1, 0.15) is 59.8 Å². The molecule has 0 aromatic heterocycles. The maximum Gasteiger partial charge on any atom is 0.416 e. The van der Waals surface area contributed by atoms with Gasteiger partial charge in [-0.3, -0.25) is 5.26 Å². The third-order valence-corrected chi connectivity index (χ3v) is 6.46. The zero-order valence-corrected chi connectivity index (χ0v) is 14.4. The first kappa shape index (κ1) is 19.0. The first-order chi connectivity index (χ1) is 10.4. The monoisotopic (exact) mass is 338 g/mol. The highest BCUT2D eigenvalue weighted by Gasteiger charge is 2.57. The van der Waals surface area contributed by atoms with Crippen LogP contribution in [0.25, 0.3) is 0 Å². The van der Waals surface area contributed by atoms with Crippen molar-refractivity contribution < 1.29 is 28.4 Å². The lowest BCUT2D eigenvalue weighted by atomic mass is 9.67. The molecule has 2 bridgehead atoms. The summed E-state index contributed by atoms with van der Waals surface area (Å²) in [5, 5.41) is 19.2. The average molecular weight is 338 g/mol. The van der Waals surface area contributed by atoms with Crippen LogP contribution in [0, 0.1) is 29.1 Å². The van der Waals surface area contributed by atoms with E-state index in [1.54, 1.807) is 0 Å². The second-order valence-corrected chi connectivity index (χ2v) is 8.50. The normalized spacial score (nSPS) is 35.3. The zero-order valence-electron chi connectivity index (χ0n) is 14.4. The summed E-state index contributed by atoms with van der Waals surface area (Å²) in [6, 6.07) is 0. The molecule has 6 heteroatoms. The maximum atomic E-state index is 13.0. The minimum Gasteiger partial charge on any atom is -0.381 e. The molecular formula is C17H29F3O3. The molecule has 6 atom stereocenters. The van der Waals surface area contributed by atoms with Gasteiger partial charge < -0.3 is 5.11 Å². The predicted octanol–water partition coefficient (Wildman–Crippen LogP) is 4.65. The number of hydrogen-bond acceptors (Lipinski definition) is 3. The highest BCUT2D eigenvalue weighted by atomic mass is 19.4. The van der Waals surface area contributed by atoms with Gasteiger partial charge in [0, 0.05) is 0 Å². The Morgan fingerprint density at radius 2 is 1.74 bits per heavy atom. The quantitative estimate of drug-likeness (QED) is 0.548. The predicted molar refractivity (Wildman–Crippen MR) is 80.7 cm³/mol. The Bertz CT molecular complexity index is 420. The molecule has 2 fully saturated rings. The van der Waals surface area contributed by atoms with E-state index in [9.17, 15) is 23.5 Å². The Hall–Kier alpha value is -0.330. The van der Waals surface area contributed by atoms with Crippen LogP contribution in [0.15, 0.2) is 0 Å². The van der Waals surface area contributed by atoms with E-state index in [1.807, 2.05) is 20.8 Å². The second kappa shape index (κ2) is 6.19. The Morgan fingerprint density at radius 1 is 1.13 bits per heavy atom. The highest BCUT2D eigenvalue weighted by molar-refractivity contribution is 5.02. The summed E-state index contributed by atoms with van der Waals surface area (Å²) in [6.07, 6.45) is -1.93. The van der Waals surface area contributed by atoms with Gasteiger partial charge in [0.15, 0.2) is 5.60 Å². The molecule has 0 spiro atoms. The van der Waals surface area contributed by atoms with Gasteiger partial charge >= 0.3 is 6.18 Å². The van der Waals surface area contributed by atoms with Crippen LogP contribution in [0.5, 0.6) is 0 Å². The van der Waals surface area contributed by atoms with Crippen LogP contribution in [0.2, 0.25) is 0 Å². The lowest BCUT2D eigenvalue weighted by molar-refractivity contribution is -0.319. The number of alkyl halides is 3. The molecule has 2 rings (SSSR count). The first-order valence-corrected chi connectivity index (χ1v) is 8.52. The maximum absolute atomic E-state index is 13.0. The molecule has 0 saturated heterocycles. The molecule has 3 nitrogen and oxygen atoms in total. The summed E-state index contributed by atoms with van der Waals surface area (Å²) >= 11 is 0. The van der Waals surface area contributed by atoms with Gasteiger partial charge in [-0.1, -0.05) is 20.8 Å². The Morgan fingerprint density at radius 3 is 2.17 bits per heavy atom. The van der Waals surface area contributed by atoms with Crippen molar-refractivity contribution >= 4 is 0 Å². The van der Waals surface area contributed by atoms with Gasteiger partial charge in [0.25, 0.3) is 0 Å². The van der Waals surface area contributed by atoms with Crippen LogP contribution in [0.4, 0.5) is 13.2 Å². The van der Waals surface area contributed by atoms with Gasteiger partial charge in [0.2, 0.25) is 0 Å². The minimum absolute atomic E-state index is 0.0581. The molecule has 0 aromatic carbocycles. The van der Waals surface area contributed by atoms with Crippen molar-refractivity contribution in [3.05, 3.63) is 0 Å². The molecule has 0 aromatic rings. The topological polar surface area (TPSA) is 49.7 Å². The van der Waals surface area contributed by atoms with Crippen LogP contribution >= 0.6 is 0 Å². The smallest absolute Gasteiger partial charge is 0.381 e. The molecule has 2 N–H and O–H groups in total. The summed E-state index contributed by atoms with van der Waals surface area (Å²) in [6.45, 7) is 6.91. The van der Waals surface area contributed by atoms with E-state index in [0.29, 0.717) is 5.92 Å². The van der Waals surface area contributed by atoms with Crippen molar-refractivity contribution in [1.29, 1.82) is 0 Å². The number of fused-ring (bicyclic) bond motifs is 2. The van der Waals surface area contributed by atoms with E-state index >= 15 is 0 Å². The molecule has 2 aliphatic carbocycles. The van der Waals surface area contributed by atoms with Crippen molar-refractivity contribution in [1.82, 2.24) is 0 Å². The van der Waals surface area contributed by atoms with Crippen LogP contribution in [-0.2, 0) is 4.89 Å². The van der Waals surface area contributed by atoms with Crippen molar-refractivity contribution in [3.8, 4) is 0 Å². The first-order valence-electron chi connectivity index (χ1n) is 8.52. The fraction of sp³-hybridized carbons (Fsp3) is 1.00. The summed E-state index contributed by atoms with van der Waals surface area (Å²) in [5.41, 5.74) is -2.89. The summed E-state index contributed by atoms with van der Waals surface area (Å²) in [5.74, 6) is 0.351. The van der Waals surface area contributed by atoms with E-state index in [4.69, 9.17) is 4.89 Å². The van der Waals surface area contributed by atoms with Crippen LogP contribution in [-0.4, -0.2) is 28.2 Å². The number of rotatable bonds is 6. The van der Waals surface area contributed by atoms with E-state index in [0.717, 1.165) is 32.6 Å². The third kappa shape index (κ3) is 3.54. The summed E-state index contributed by atoms with van der Waals surface area (Å²) in [4.78, 5) is 4.80. The van der Waals surface area contributed by atoms with E-state index in [1.165, 1.54) is 0 Å². The van der Waals surface area contributed by atoms with Crippen LogP contribution in [0.3, 0.4) is 0 Å². The van der Waals surface area contributed by atoms with Crippen molar-refractivity contribution in [2.75, 3.05) is 0 Å². The number of halogens is 3. The van der Waals surface area contributed by atoms with Gasteiger partial charge in [-0.15, -0.1) is 0 Å². The van der Waals surface area contributed by atoms with Crippen molar-refractivity contribution in [3.63, 3.8) is 0 Å². The molecule has 0 heterocycles. The van der Waals surface area contributed by atoms with Gasteiger partial charge in [-0.2, -0.15) is 13.2 Å². The van der Waals surface area contributed by atoms with Crippen LogP contribution < -0.4 is 0 Å². The molecule has 2 aliphatic rings. The number of aliphatic hydroxyl groups is 1. The highest BCUT2D eigenvalue weighted by Crippen LogP contribution is 2.58. The second-order valence-electron chi connectivity index (χ2n) is 8.50.